The molecule has 3 rings (SSSR count). The minimum Gasteiger partial charge on any atom is -0.377 e. The fourth-order valence-electron chi connectivity index (χ4n) is 2.50. The molecule has 0 radical (unpaired) electrons. The van der Waals surface area contributed by atoms with Gasteiger partial charge in [-0.15, -0.1) is 0 Å². The third-order valence-corrected chi connectivity index (χ3v) is 4.60. The Morgan fingerprint density at radius 2 is 1.76 bits per heavy atom. The molecular formula is C17H16Cl2FN. The third-order valence-electron chi connectivity index (χ3n) is 3.88. The summed E-state index contributed by atoms with van der Waals surface area (Å²) in [6.07, 6.45) is 2.35. The van der Waals surface area contributed by atoms with E-state index in [0.29, 0.717) is 16.0 Å². The van der Waals surface area contributed by atoms with Crippen molar-refractivity contribution in [3.63, 3.8) is 0 Å². The van der Waals surface area contributed by atoms with Crippen molar-refractivity contribution in [3.05, 3.63) is 63.4 Å². The highest BCUT2D eigenvalue weighted by Crippen LogP contribution is 2.44. The van der Waals surface area contributed by atoms with Gasteiger partial charge in [0.15, 0.2) is 0 Å². The van der Waals surface area contributed by atoms with Crippen LogP contribution in [-0.4, -0.2) is 0 Å². The second kappa shape index (κ2) is 5.86. The fraction of sp³-hybridized carbons (Fsp3) is 0.294. The first kappa shape index (κ1) is 14.7. The Morgan fingerprint density at radius 1 is 1.10 bits per heavy atom. The zero-order valence-electron chi connectivity index (χ0n) is 11.7. The Hall–Kier alpha value is -1.25. The standard InChI is InChI=1S/C17H16Cl2FN/c1-10-8-15(19)16(9-14(10)18)21-17(11-2-3-11)12-4-6-13(20)7-5-12/h4-9,11,17,21H,2-3H2,1H3. The molecule has 0 spiro atoms. The van der Waals surface area contributed by atoms with Crippen molar-refractivity contribution in [3.8, 4) is 0 Å². The van der Waals surface area contributed by atoms with Gasteiger partial charge < -0.3 is 5.32 Å². The summed E-state index contributed by atoms with van der Waals surface area (Å²) in [5.41, 5.74) is 2.86. The number of halogens is 3. The van der Waals surface area contributed by atoms with E-state index in [9.17, 15) is 4.39 Å². The summed E-state index contributed by atoms with van der Waals surface area (Å²) in [6.45, 7) is 1.93. The topological polar surface area (TPSA) is 12.0 Å². The van der Waals surface area contributed by atoms with Crippen molar-refractivity contribution in [2.75, 3.05) is 5.32 Å². The average molecular weight is 324 g/mol. The van der Waals surface area contributed by atoms with Gasteiger partial charge in [-0.2, -0.15) is 0 Å². The molecule has 2 aromatic rings. The second-order valence-corrected chi connectivity index (χ2v) is 6.41. The molecule has 1 atom stereocenters. The van der Waals surface area contributed by atoms with Crippen LogP contribution in [0.15, 0.2) is 36.4 Å². The van der Waals surface area contributed by atoms with Crippen LogP contribution < -0.4 is 5.32 Å². The van der Waals surface area contributed by atoms with E-state index >= 15 is 0 Å². The monoisotopic (exact) mass is 323 g/mol. The van der Waals surface area contributed by atoms with E-state index in [-0.39, 0.29) is 11.9 Å². The molecule has 4 heteroatoms. The zero-order valence-corrected chi connectivity index (χ0v) is 13.2. The van der Waals surface area contributed by atoms with Gasteiger partial charge in [0.25, 0.3) is 0 Å². The molecule has 0 aliphatic heterocycles. The van der Waals surface area contributed by atoms with Gasteiger partial charge in [0.2, 0.25) is 0 Å². The number of anilines is 1. The maximum Gasteiger partial charge on any atom is 0.123 e. The van der Waals surface area contributed by atoms with Gasteiger partial charge in [-0.25, -0.2) is 4.39 Å². The number of benzene rings is 2. The Morgan fingerprint density at radius 3 is 2.38 bits per heavy atom. The lowest BCUT2D eigenvalue weighted by Gasteiger charge is -2.21. The van der Waals surface area contributed by atoms with Gasteiger partial charge in [0.05, 0.1) is 16.8 Å². The van der Waals surface area contributed by atoms with E-state index in [4.69, 9.17) is 23.2 Å². The number of hydrogen-bond acceptors (Lipinski definition) is 1. The Bertz CT molecular complexity index is 651. The fourth-order valence-corrected chi connectivity index (χ4v) is 2.93. The second-order valence-electron chi connectivity index (χ2n) is 5.59. The van der Waals surface area contributed by atoms with Crippen LogP contribution in [0.25, 0.3) is 0 Å². The van der Waals surface area contributed by atoms with Crippen LogP contribution in [0.5, 0.6) is 0 Å². The van der Waals surface area contributed by atoms with E-state index in [0.717, 1.165) is 16.8 Å². The molecule has 0 heterocycles. The van der Waals surface area contributed by atoms with Crippen LogP contribution in [0, 0.1) is 18.7 Å². The quantitative estimate of drug-likeness (QED) is 0.727. The van der Waals surface area contributed by atoms with E-state index < -0.39 is 0 Å². The van der Waals surface area contributed by atoms with Crippen molar-refractivity contribution < 1.29 is 4.39 Å². The molecule has 2 aromatic carbocycles. The molecule has 1 saturated carbocycles. The van der Waals surface area contributed by atoms with Crippen LogP contribution in [0.4, 0.5) is 10.1 Å². The highest BCUT2D eigenvalue weighted by molar-refractivity contribution is 6.35. The van der Waals surface area contributed by atoms with Crippen LogP contribution in [0.3, 0.4) is 0 Å². The normalized spacial score (nSPS) is 15.8. The van der Waals surface area contributed by atoms with Crippen LogP contribution in [0.2, 0.25) is 10.0 Å². The number of hydrogen-bond donors (Lipinski definition) is 1. The molecule has 110 valence electrons. The molecule has 1 aliphatic carbocycles. The van der Waals surface area contributed by atoms with E-state index in [1.807, 2.05) is 31.2 Å². The van der Waals surface area contributed by atoms with Crippen molar-refractivity contribution in [2.24, 2.45) is 5.92 Å². The summed E-state index contributed by atoms with van der Waals surface area (Å²) in [4.78, 5) is 0. The lowest BCUT2D eigenvalue weighted by Crippen LogP contribution is -2.13. The largest absolute Gasteiger partial charge is 0.377 e. The lowest BCUT2D eigenvalue weighted by molar-refractivity contribution is 0.622. The van der Waals surface area contributed by atoms with Crippen molar-refractivity contribution in [2.45, 2.75) is 25.8 Å². The smallest absolute Gasteiger partial charge is 0.123 e. The first-order valence-corrected chi connectivity index (χ1v) is 7.78. The minimum atomic E-state index is -0.218. The molecule has 21 heavy (non-hydrogen) atoms. The molecule has 0 saturated heterocycles. The highest BCUT2D eigenvalue weighted by Gasteiger charge is 2.32. The molecule has 0 aromatic heterocycles. The molecule has 1 aliphatic rings. The minimum absolute atomic E-state index is 0.141. The predicted molar refractivity (Wildman–Crippen MR) is 86.7 cm³/mol. The summed E-state index contributed by atoms with van der Waals surface area (Å²) < 4.78 is 13.1. The van der Waals surface area contributed by atoms with Gasteiger partial charge in [-0.05, 0) is 61.1 Å². The third kappa shape index (κ3) is 3.33. The van der Waals surface area contributed by atoms with Crippen molar-refractivity contribution in [1.29, 1.82) is 0 Å². The van der Waals surface area contributed by atoms with Gasteiger partial charge in [0, 0.05) is 5.02 Å². The van der Waals surface area contributed by atoms with Gasteiger partial charge in [0.1, 0.15) is 5.82 Å². The van der Waals surface area contributed by atoms with E-state index in [1.165, 1.54) is 25.0 Å². The number of aryl methyl sites for hydroxylation is 1. The Labute approximate surface area is 134 Å². The Balaban J connectivity index is 1.89. The Kier molecular flexibility index (Phi) is 4.10. The van der Waals surface area contributed by atoms with Crippen molar-refractivity contribution in [1.82, 2.24) is 0 Å². The van der Waals surface area contributed by atoms with Crippen molar-refractivity contribution >= 4 is 28.9 Å². The maximum atomic E-state index is 13.1. The van der Waals surface area contributed by atoms with Crippen LogP contribution in [-0.2, 0) is 0 Å². The lowest BCUT2D eigenvalue weighted by atomic mass is 10.0. The average Bonchev–Trinajstić information content (AvgIpc) is 3.27. The SMILES string of the molecule is Cc1cc(Cl)c(NC(c2ccc(F)cc2)C2CC2)cc1Cl. The molecular weight excluding hydrogens is 308 g/mol. The summed E-state index contributed by atoms with van der Waals surface area (Å²) in [5.74, 6) is 0.344. The molecule has 1 fully saturated rings. The summed E-state index contributed by atoms with van der Waals surface area (Å²) in [7, 11) is 0. The van der Waals surface area contributed by atoms with Crippen LogP contribution >= 0.6 is 23.2 Å². The molecule has 1 unspecified atom stereocenters. The molecule has 0 bridgehead atoms. The number of nitrogens with one attached hydrogen (secondary N) is 1. The van der Waals surface area contributed by atoms with E-state index in [2.05, 4.69) is 5.32 Å². The van der Waals surface area contributed by atoms with Crippen LogP contribution in [0.1, 0.15) is 30.0 Å². The highest BCUT2D eigenvalue weighted by atomic mass is 35.5. The first-order chi connectivity index (χ1) is 10.0. The zero-order chi connectivity index (χ0) is 15.0. The summed E-state index contributed by atoms with van der Waals surface area (Å²) in [6, 6.07) is 10.5. The summed E-state index contributed by atoms with van der Waals surface area (Å²) in [5, 5.41) is 4.82. The van der Waals surface area contributed by atoms with E-state index in [1.54, 1.807) is 0 Å². The van der Waals surface area contributed by atoms with Gasteiger partial charge in [-0.3, -0.25) is 0 Å². The predicted octanol–water partition coefficient (Wildman–Crippen LogP) is 6.00. The molecule has 0 amide bonds. The van der Waals surface area contributed by atoms with Gasteiger partial charge >= 0.3 is 0 Å². The summed E-state index contributed by atoms with van der Waals surface area (Å²) >= 11 is 12.5. The molecule has 1 N–H and O–H groups in total. The molecule has 1 nitrogen and oxygen atoms in total. The number of rotatable bonds is 4. The van der Waals surface area contributed by atoms with Gasteiger partial charge in [-0.1, -0.05) is 35.3 Å². The first-order valence-electron chi connectivity index (χ1n) is 7.02. The maximum absolute atomic E-state index is 13.1.